The zero-order valence-electron chi connectivity index (χ0n) is 12.4. The molecule has 2 heterocycles. The Morgan fingerprint density at radius 1 is 1.29 bits per heavy atom. The van der Waals surface area contributed by atoms with E-state index >= 15 is 0 Å². The number of anilines is 1. The second-order valence-electron chi connectivity index (χ2n) is 4.77. The van der Waals surface area contributed by atoms with Crippen LogP contribution in [0.15, 0.2) is 27.6 Å². The molecule has 0 saturated carbocycles. The van der Waals surface area contributed by atoms with E-state index in [-0.39, 0.29) is 4.90 Å². The van der Waals surface area contributed by atoms with Crippen molar-refractivity contribution in [3.8, 4) is 0 Å². The molecule has 0 bridgehead atoms. The SMILES string of the molecule is Cc1nc(CNc2ccc(S(=O)(=O)N(C)C)cn2)oc1C. The van der Waals surface area contributed by atoms with Crippen molar-refractivity contribution in [3.63, 3.8) is 0 Å². The summed E-state index contributed by atoms with van der Waals surface area (Å²) in [6, 6.07) is 3.12. The van der Waals surface area contributed by atoms with Gasteiger partial charge in [0, 0.05) is 20.3 Å². The quantitative estimate of drug-likeness (QED) is 0.901. The normalized spacial score (nSPS) is 11.9. The van der Waals surface area contributed by atoms with Gasteiger partial charge in [-0.3, -0.25) is 0 Å². The number of pyridine rings is 1. The number of rotatable bonds is 5. The van der Waals surface area contributed by atoms with Crippen LogP contribution < -0.4 is 5.32 Å². The van der Waals surface area contributed by atoms with Crippen molar-refractivity contribution in [1.82, 2.24) is 14.3 Å². The molecule has 2 aromatic heterocycles. The van der Waals surface area contributed by atoms with E-state index in [1.165, 1.54) is 26.4 Å². The minimum atomic E-state index is -3.45. The van der Waals surface area contributed by atoms with Gasteiger partial charge in [0.15, 0.2) is 0 Å². The van der Waals surface area contributed by atoms with Crippen LogP contribution in [0.2, 0.25) is 0 Å². The first-order valence-electron chi connectivity index (χ1n) is 6.36. The van der Waals surface area contributed by atoms with Crippen LogP contribution in [0.3, 0.4) is 0 Å². The van der Waals surface area contributed by atoms with Crippen LogP contribution in [0.4, 0.5) is 5.82 Å². The minimum Gasteiger partial charge on any atom is -0.444 e. The number of hydrogen-bond acceptors (Lipinski definition) is 6. The van der Waals surface area contributed by atoms with Crippen LogP contribution >= 0.6 is 0 Å². The molecule has 2 rings (SSSR count). The molecule has 0 saturated heterocycles. The predicted molar refractivity (Wildman–Crippen MR) is 78.4 cm³/mol. The molecule has 0 aliphatic carbocycles. The standard InChI is InChI=1S/C13H18N4O3S/c1-9-10(2)20-13(16-9)8-15-12-6-5-11(7-14-12)21(18,19)17(3)4/h5-7H,8H2,1-4H3,(H,14,15). The maximum Gasteiger partial charge on any atom is 0.244 e. The van der Waals surface area contributed by atoms with Crippen molar-refractivity contribution < 1.29 is 12.8 Å². The highest BCUT2D eigenvalue weighted by molar-refractivity contribution is 7.89. The number of nitrogens with zero attached hydrogens (tertiary/aromatic N) is 3. The Morgan fingerprint density at radius 2 is 2.00 bits per heavy atom. The van der Waals surface area contributed by atoms with Gasteiger partial charge in [0.05, 0.1) is 12.2 Å². The van der Waals surface area contributed by atoms with Crippen molar-refractivity contribution in [1.29, 1.82) is 0 Å². The fourth-order valence-electron chi connectivity index (χ4n) is 1.63. The first-order valence-corrected chi connectivity index (χ1v) is 7.80. The molecule has 0 aliphatic heterocycles. The molecule has 0 radical (unpaired) electrons. The van der Waals surface area contributed by atoms with Crippen LogP contribution in [0.1, 0.15) is 17.3 Å². The summed E-state index contributed by atoms with van der Waals surface area (Å²) >= 11 is 0. The van der Waals surface area contributed by atoms with Crippen LogP contribution in [-0.4, -0.2) is 36.8 Å². The number of oxazole rings is 1. The molecule has 0 spiro atoms. The van der Waals surface area contributed by atoms with Gasteiger partial charge < -0.3 is 9.73 Å². The summed E-state index contributed by atoms with van der Waals surface area (Å²) in [5.41, 5.74) is 0.854. The molecular weight excluding hydrogens is 292 g/mol. The van der Waals surface area contributed by atoms with Crippen molar-refractivity contribution in [2.75, 3.05) is 19.4 Å². The van der Waals surface area contributed by atoms with Gasteiger partial charge in [-0.25, -0.2) is 22.7 Å². The zero-order chi connectivity index (χ0) is 15.6. The van der Waals surface area contributed by atoms with Crippen molar-refractivity contribution >= 4 is 15.8 Å². The lowest BCUT2D eigenvalue weighted by molar-refractivity contribution is 0.478. The van der Waals surface area contributed by atoms with Gasteiger partial charge in [-0.2, -0.15) is 0 Å². The van der Waals surface area contributed by atoms with Gasteiger partial charge in [-0.15, -0.1) is 0 Å². The zero-order valence-corrected chi connectivity index (χ0v) is 13.2. The summed E-state index contributed by atoms with van der Waals surface area (Å²) in [7, 11) is -0.489. The highest BCUT2D eigenvalue weighted by Crippen LogP contribution is 2.15. The third-order valence-corrected chi connectivity index (χ3v) is 4.81. The Hall–Kier alpha value is -1.93. The summed E-state index contributed by atoms with van der Waals surface area (Å²) in [6.07, 6.45) is 1.32. The molecule has 1 N–H and O–H groups in total. The van der Waals surface area contributed by atoms with E-state index in [0.717, 1.165) is 15.8 Å². The molecular formula is C13H18N4O3S. The minimum absolute atomic E-state index is 0.154. The summed E-state index contributed by atoms with van der Waals surface area (Å²) < 4.78 is 30.4. The van der Waals surface area contributed by atoms with E-state index in [4.69, 9.17) is 4.42 Å². The Labute approximate surface area is 124 Å². The Balaban J connectivity index is 2.06. The second-order valence-corrected chi connectivity index (χ2v) is 6.92. The molecule has 0 aromatic carbocycles. The fraction of sp³-hybridized carbons (Fsp3) is 0.385. The van der Waals surface area contributed by atoms with E-state index in [1.807, 2.05) is 13.8 Å². The molecule has 21 heavy (non-hydrogen) atoms. The van der Waals surface area contributed by atoms with Crippen LogP contribution in [0.25, 0.3) is 0 Å². The molecule has 0 atom stereocenters. The summed E-state index contributed by atoms with van der Waals surface area (Å²) in [5, 5.41) is 3.03. The lowest BCUT2D eigenvalue weighted by Crippen LogP contribution is -2.22. The highest BCUT2D eigenvalue weighted by Gasteiger charge is 2.17. The van der Waals surface area contributed by atoms with Gasteiger partial charge >= 0.3 is 0 Å². The molecule has 0 amide bonds. The second kappa shape index (κ2) is 5.82. The van der Waals surface area contributed by atoms with Crippen molar-refractivity contribution in [2.24, 2.45) is 0 Å². The summed E-state index contributed by atoms with van der Waals surface area (Å²) in [6.45, 7) is 4.12. The van der Waals surface area contributed by atoms with Gasteiger partial charge in [-0.1, -0.05) is 0 Å². The van der Waals surface area contributed by atoms with Gasteiger partial charge in [0.2, 0.25) is 15.9 Å². The summed E-state index contributed by atoms with van der Waals surface area (Å²) in [4.78, 5) is 8.48. The smallest absolute Gasteiger partial charge is 0.244 e. The Morgan fingerprint density at radius 3 is 2.48 bits per heavy atom. The third-order valence-electron chi connectivity index (χ3n) is 3.01. The maximum absolute atomic E-state index is 11.9. The molecule has 2 aromatic rings. The van der Waals surface area contributed by atoms with Crippen LogP contribution in [0.5, 0.6) is 0 Å². The number of aromatic nitrogens is 2. The van der Waals surface area contributed by atoms with Gasteiger partial charge in [0.1, 0.15) is 16.5 Å². The highest BCUT2D eigenvalue weighted by atomic mass is 32.2. The molecule has 0 aliphatic rings. The average Bonchev–Trinajstić information content (AvgIpc) is 2.76. The summed E-state index contributed by atoms with van der Waals surface area (Å²) in [5.74, 6) is 1.91. The molecule has 8 heteroatoms. The molecule has 7 nitrogen and oxygen atoms in total. The van der Waals surface area contributed by atoms with Crippen LogP contribution in [-0.2, 0) is 16.6 Å². The topological polar surface area (TPSA) is 88.3 Å². The number of sulfonamides is 1. The molecule has 0 fully saturated rings. The lowest BCUT2D eigenvalue weighted by atomic mass is 10.4. The van der Waals surface area contributed by atoms with E-state index in [2.05, 4.69) is 15.3 Å². The van der Waals surface area contributed by atoms with E-state index in [9.17, 15) is 8.42 Å². The third kappa shape index (κ3) is 3.40. The predicted octanol–water partition coefficient (Wildman–Crippen LogP) is 1.55. The number of nitrogens with one attached hydrogen (secondary N) is 1. The number of hydrogen-bond donors (Lipinski definition) is 1. The first kappa shape index (κ1) is 15.5. The van der Waals surface area contributed by atoms with E-state index < -0.39 is 10.0 Å². The van der Waals surface area contributed by atoms with Gasteiger partial charge in [-0.05, 0) is 26.0 Å². The Kier molecular flexibility index (Phi) is 4.29. The molecule has 114 valence electrons. The van der Waals surface area contributed by atoms with Crippen molar-refractivity contribution in [2.45, 2.75) is 25.3 Å². The Bertz CT molecular complexity index is 701. The van der Waals surface area contributed by atoms with Crippen molar-refractivity contribution in [3.05, 3.63) is 35.7 Å². The monoisotopic (exact) mass is 310 g/mol. The fourth-order valence-corrected chi connectivity index (χ4v) is 2.48. The van der Waals surface area contributed by atoms with Crippen LogP contribution in [0, 0.1) is 13.8 Å². The van der Waals surface area contributed by atoms with E-state index in [0.29, 0.717) is 18.3 Å². The lowest BCUT2D eigenvalue weighted by Gasteiger charge is -2.11. The number of aryl methyl sites for hydroxylation is 2. The van der Waals surface area contributed by atoms with Gasteiger partial charge in [0.25, 0.3) is 0 Å². The molecule has 0 unspecified atom stereocenters. The average molecular weight is 310 g/mol. The largest absolute Gasteiger partial charge is 0.444 e. The maximum atomic E-state index is 11.9. The first-order chi connectivity index (χ1) is 9.80. The van der Waals surface area contributed by atoms with E-state index in [1.54, 1.807) is 6.07 Å².